The van der Waals surface area contributed by atoms with Crippen molar-refractivity contribution in [1.82, 2.24) is 10.2 Å². The van der Waals surface area contributed by atoms with Gasteiger partial charge >= 0.3 is 6.03 Å². The number of halogens is 1. The van der Waals surface area contributed by atoms with Gasteiger partial charge in [0.05, 0.1) is 11.6 Å². The van der Waals surface area contributed by atoms with Crippen molar-refractivity contribution in [1.29, 1.82) is 0 Å². The van der Waals surface area contributed by atoms with Crippen LogP contribution < -0.4 is 10.1 Å². The minimum Gasteiger partial charge on any atom is -0.490 e. The van der Waals surface area contributed by atoms with Crippen molar-refractivity contribution in [2.45, 2.75) is 5.54 Å². The Labute approximate surface area is 173 Å². The molecule has 0 aromatic heterocycles. The fraction of sp³-hybridized carbons (Fsp3) is 0.130. The number of urea groups is 1. The predicted octanol–water partition coefficient (Wildman–Crippen LogP) is 4.21. The minimum absolute atomic E-state index is 0.108. The van der Waals surface area contributed by atoms with E-state index in [0.29, 0.717) is 21.9 Å². The molecule has 0 spiro atoms. The van der Waals surface area contributed by atoms with Crippen LogP contribution in [0.5, 0.6) is 5.75 Å². The van der Waals surface area contributed by atoms with Gasteiger partial charge in [-0.25, -0.2) is 4.79 Å². The van der Waals surface area contributed by atoms with E-state index < -0.39 is 11.6 Å². The van der Waals surface area contributed by atoms with Gasteiger partial charge in [-0.15, -0.1) is 0 Å². The molecule has 3 aromatic rings. The van der Waals surface area contributed by atoms with E-state index in [2.05, 4.69) is 5.32 Å². The Balaban J connectivity index is 1.61. The van der Waals surface area contributed by atoms with Crippen LogP contribution in [0, 0.1) is 0 Å². The number of para-hydroxylation sites is 1. The van der Waals surface area contributed by atoms with Crippen molar-refractivity contribution in [2.75, 3.05) is 13.2 Å². The van der Waals surface area contributed by atoms with Gasteiger partial charge in [0, 0.05) is 0 Å². The number of hydrogen-bond acceptors (Lipinski definition) is 3. The Bertz CT molecular complexity index is 985. The average Bonchev–Trinajstić information content (AvgIpc) is 3.02. The van der Waals surface area contributed by atoms with E-state index in [0.717, 1.165) is 0 Å². The number of nitrogens with zero attached hydrogens (tertiary/aromatic N) is 1. The van der Waals surface area contributed by atoms with Crippen LogP contribution in [0.15, 0.2) is 84.9 Å². The van der Waals surface area contributed by atoms with Crippen molar-refractivity contribution in [3.05, 3.63) is 101 Å². The van der Waals surface area contributed by atoms with E-state index in [-0.39, 0.29) is 19.1 Å². The van der Waals surface area contributed by atoms with E-state index in [1.54, 1.807) is 18.2 Å². The molecule has 0 unspecified atom stereocenters. The molecule has 1 N–H and O–H groups in total. The molecule has 1 aliphatic rings. The molecule has 1 heterocycles. The van der Waals surface area contributed by atoms with Crippen LogP contribution in [0.2, 0.25) is 5.02 Å². The lowest BCUT2D eigenvalue weighted by molar-refractivity contribution is -0.130. The largest absolute Gasteiger partial charge is 0.490 e. The maximum absolute atomic E-state index is 13.5. The van der Waals surface area contributed by atoms with Gasteiger partial charge in [-0.1, -0.05) is 84.4 Å². The summed E-state index contributed by atoms with van der Waals surface area (Å²) in [7, 11) is 0. The number of rotatable bonds is 6. The topological polar surface area (TPSA) is 58.6 Å². The highest BCUT2D eigenvalue weighted by Crippen LogP contribution is 2.36. The first-order valence-corrected chi connectivity index (χ1v) is 9.63. The minimum atomic E-state index is -1.26. The smallest absolute Gasteiger partial charge is 0.325 e. The molecule has 3 aromatic carbocycles. The van der Waals surface area contributed by atoms with Crippen LogP contribution in [-0.4, -0.2) is 30.0 Å². The van der Waals surface area contributed by atoms with Crippen LogP contribution in [0.4, 0.5) is 4.79 Å². The molecule has 0 radical (unpaired) electrons. The summed E-state index contributed by atoms with van der Waals surface area (Å²) in [4.78, 5) is 27.5. The van der Waals surface area contributed by atoms with E-state index >= 15 is 0 Å². The molecular weight excluding hydrogens is 388 g/mol. The number of nitrogens with one attached hydrogen (secondary N) is 1. The molecule has 146 valence electrons. The van der Waals surface area contributed by atoms with Gasteiger partial charge in [0.2, 0.25) is 0 Å². The highest BCUT2D eigenvalue weighted by molar-refractivity contribution is 6.32. The summed E-state index contributed by atoms with van der Waals surface area (Å²) in [6.07, 6.45) is 0. The second kappa shape index (κ2) is 7.97. The summed E-state index contributed by atoms with van der Waals surface area (Å²) in [6, 6.07) is 25.1. The molecular formula is C23H19ClN2O3. The van der Waals surface area contributed by atoms with Crippen molar-refractivity contribution in [3.8, 4) is 5.75 Å². The Morgan fingerprint density at radius 3 is 1.97 bits per heavy atom. The zero-order valence-corrected chi connectivity index (χ0v) is 16.3. The number of carbonyl (C=O) groups excluding carboxylic acids is 2. The fourth-order valence-electron chi connectivity index (χ4n) is 3.52. The van der Waals surface area contributed by atoms with E-state index in [4.69, 9.17) is 16.3 Å². The summed E-state index contributed by atoms with van der Waals surface area (Å²) >= 11 is 6.10. The monoisotopic (exact) mass is 406 g/mol. The molecule has 1 fully saturated rings. The number of ether oxygens (including phenoxy) is 1. The second-order valence-corrected chi connectivity index (χ2v) is 7.06. The quantitative estimate of drug-likeness (QED) is 0.624. The molecule has 29 heavy (non-hydrogen) atoms. The molecule has 0 aliphatic carbocycles. The maximum Gasteiger partial charge on any atom is 0.325 e. The molecule has 0 atom stereocenters. The Hall–Kier alpha value is -3.31. The van der Waals surface area contributed by atoms with E-state index in [1.165, 1.54) is 4.90 Å². The van der Waals surface area contributed by atoms with Gasteiger partial charge in [-0.3, -0.25) is 9.69 Å². The van der Waals surface area contributed by atoms with Crippen molar-refractivity contribution in [2.24, 2.45) is 0 Å². The Morgan fingerprint density at radius 1 is 0.828 bits per heavy atom. The first-order valence-electron chi connectivity index (χ1n) is 9.25. The maximum atomic E-state index is 13.5. The summed E-state index contributed by atoms with van der Waals surface area (Å²) in [5.41, 5.74) is 0.155. The van der Waals surface area contributed by atoms with Gasteiger partial charge in [0.1, 0.15) is 12.4 Å². The van der Waals surface area contributed by atoms with Crippen LogP contribution in [0.1, 0.15) is 11.1 Å². The number of carbonyl (C=O) groups is 2. The molecule has 1 saturated heterocycles. The standard InChI is InChI=1S/C23H19ClN2O3/c24-19-13-7-8-14-20(19)29-16-15-26-21(27)23(25-22(26)28,17-9-3-1-4-10-17)18-11-5-2-6-12-18/h1-14H,15-16H2,(H,25,28). The van der Waals surface area contributed by atoms with Crippen LogP contribution >= 0.6 is 11.6 Å². The molecule has 4 rings (SSSR count). The summed E-state index contributed by atoms with van der Waals surface area (Å²) in [5.74, 6) is 0.182. The van der Waals surface area contributed by atoms with Crippen molar-refractivity contribution < 1.29 is 14.3 Å². The molecule has 3 amide bonds. The van der Waals surface area contributed by atoms with Crippen molar-refractivity contribution >= 4 is 23.5 Å². The van der Waals surface area contributed by atoms with Crippen LogP contribution in [0.25, 0.3) is 0 Å². The predicted molar refractivity (Wildman–Crippen MR) is 111 cm³/mol. The third-order valence-electron chi connectivity index (χ3n) is 4.93. The average molecular weight is 407 g/mol. The van der Waals surface area contributed by atoms with Gasteiger partial charge in [-0.2, -0.15) is 0 Å². The summed E-state index contributed by atoms with van der Waals surface area (Å²) in [6.45, 7) is 0.250. The first kappa shape index (κ1) is 19.0. The van der Waals surface area contributed by atoms with Crippen LogP contribution in [-0.2, 0) is 10.3 Å². The summed E-state index contributed by atoms with van der Waals surface area (Å²) < 4.78 is 5.67. The number of imide groups is 1. The zero-order chi connectivity index (χ0) is 20.3. The van der Waals surface area contributed by atoms with Gasteiger partial charge in [-0.05, 0) is 23.3 Å². The second-order valence-electron chi connectivity index (χ2n) is 6.65. The number of hydrogen-bond donors (Lipinski definition) is 1. The lowest BCUT2D eigenvalue weighted by atomic mass is 9.82. The molecule has 0 bridgehead atoms. The fourth-order valence-corrected chi connectivity index (χ4v) is 3.71. The van der Waals surface area contributed by atoms with Gasteiger partial charge in [0.25, 0.3) is 5.91 Å². The third kappa shape index (κ3) is 3.45. The molecule has 1 aliphatic heterocycles. The first-order chi connectivity index (χ1) is 14.1. The normalized spacial score (nSPS) is 15.3. The van der Waals surface area contributed by atoms with Gasteiger partial charge in [0.15, 0.2) is 5.54 Å². The van der Waals surface area contributed by atoms with E-state index in [9.17, 15) is 9.59 Å². The highest BCUT2D eigenvalue weighted by atomic mass is 35.5. The van der Waals surface area contributed by atoms with Crippen LogP contribution in [0.3, 0.4) is 0 Å². The Morgan fingerprint density at radius 2 is 1.38 bits per heavy atom. The molecule has 6 heteroatoms. The SMILES string of the molecule is O=C1NC(c2ccccc2)(c2ccccc2)C(=O)N1CCOc1ccccc1Cl. The third-order valence-corrected chi connectivity index (χ3v) is 5.24. The lowest BCUT2D eigenvalue weighted by Crippen LogP contribution is -2.45. The number of benzene rings is 3. The molecule has 5 nitrogen and oxygen atoms in total. The molecule has 0 saturated carbocycles. The highest BCUT2D eigenvalue weighted by Gasteiger charge is 2.53. The summed E-state index contributed by atoms with van der Waals surface area (Å²) in [5, 5.41) is 3.39. The van der Waals surface area contributed by atoms with Gasteiger partial charge < -0.3 is 10.1 Å². The lowest BCUT2D eigenvalue weighted by Gasteiger charge is -2.28. The zero-order valence-electron chi connectivity index (χ0n) is 15.5. The Kier molecular flexibility index (Phi) is 5.23. The van der Waals surface area contributed by atoms with Crippen molar-refractivity contribution in [3.63, 3.8) is 0 Å². The van der Waals surface area contributed by atoms with E-state index in [1.807, 2.05) is 66.7 Å². The number of amides is 3.